The molecule has 0 aliphatic carbocycles. The van der Waals surface area contributed by atoms with Crippen molar-refractivity contribution in [2.75, 3.05) is 6.61 Å². The lowest BCUT2D eigenvalue weighted by molar-refractivity contribution is 0.0520. The van der Waals surface area contributed by atoms with Gasteiger partial charge in [0.1, 0.15) is 5.01 Å². The van der Waals surface area contributed by atoms with Gasteiger partial charge in [0.25, 0.3) is 0 Å². The highest BCUT2D eigenvalue weighted by molar-refractivity contribution is 7.13. The molecule has 4 heteroatoms. The highest BCUT2D eigenvalue weighted by Gasteiger charge is 2.15. The molecule has 1 aromatic carbocycles. The van der Waals surface area contributed by atoms with Gasteiger partial charge in [0.2, 0.25) is 0 Å². The number of aromatic nitrogens is 1. The molecule has 100 valence electrons. The summed E-state index contributed by atoms with van der Waals surface area (Å²) in [4.78, 5) is 16.0. The fraction of sp³-hybridized carbons (Fsp3) is 0.333. The van der Waals surface area contributed by atoms with Gasteiger partial charge in [-0.3, -0.25) is 0 Å². The number of aryl methyl sites for hydroxylation is 3. The van der Waals surface area contributed by atoms with Crippen molar-refractivity contribution in [2.24, 2.45) is 0 Å². The number of rotatable bonds is 3. The predicted octanol–water partition coefficient (Wildman–Crippen LogP) is 3.91. The van der Waals surface area contributed by atoms with E-state index in [1.54, 1.807) is 12.3 Å². The van der Waals surface area contributed by atoms with Crippen molar-refractivity contribution in [1.82, 2.24) is 4.98 Å². The number of nitrogens with zero attached hydrogens (tertiary/aromatic N) is 1. The Morgan fingerprint density at radius 3 is 2.47 bits per heavy atom. The number of esters is 1. The fourth-order valence-corrected chi connectivity index (χ4v) is 3.17. The summed E-state index contributed by atoms with van der Waals surface area (Å²) in [6, 6.07) is 4.27. The number of hydrogen-bond donors (Lipinski definition) is 0. The fourth-order valence-electron chi connectivity index (χ4n) is 2.20. The van der Waals surface area contributed by atoms with Crippen LogP contribution in [0.4, 0.5) is 0 Å². The van der Waals surface area contributed by atoms with E-state index in [1.165, 1.54) is 28.0 Å². The Kier molecular flexibility index (Phi) is 4.00. The molecular formula is C15H17NO2S. The molecule has 0 N–H and O–H groups in total. The quantitative estimate of drug-likeness (QED) is 0.797. The van der Waals surface area contributed by atoms with E-state index < -0.39 is 0 Å². The second-order valence-corrected chi connectivity index (χ2v) is 5.39. The van der Waals surface area contributed by atoms with Crippen molar-refractivity contribution in [3.8, 4) is 10.6 Å². The van der Waals surface area contributed by atoms with Crippen LogP contribution in [0.3, 0.4) is 0 Å². The molecule has 0 atom stereocenters. The highest BCUT2D eigenvalue weighted by Crippen LogP contribution is 2.31. The summed E-state index contributed by atoms with van der Waals surface area (Å²) in [6.45, 7) is 8.38. The van der Waals surface area contributed by atoms with Gasteiger partial charge in [-0.05, 0) is 38.8 Å². The molecule has 0 bridgehead atoms. The van der Waals surface area contributed by atoms with Gasteiger partial charge in [-0.2, -0.15) is 0 Å². The molecule has 19 heavy (non-hydrogen) atoms. The van der Waals surface area contributed by atoms with E-state index in [0.29, 0.717) is 12.3 Å². The van der Waals surface area contributed by atoms with Crippen molar-refractivity contribution in [1.29, 1.82) is 0 Å². The molecule has 0 amide bonds. The van der Waals surface area contributed by atoms with Crippen molar-refractivity contribution in [3.05, 3.63) is 39.9 Å². The molecule has 2 aromatic rings. The number of carbonyl (C=O) groups is 1. The highest BCUT2D eigenvalue weighted by atomic mass is 32.1. The van der Waals surface area contributed by atoms with Crippen LogP contribution in [0.5, 0.6) is 0 Å². The summed E-state index contributed by atoms with van der Waals surface area (Å²) < 4.78 is 4.96. The molecule has 0 saturated heterocycles. The Morgan fingerprint density at radius 2 is 1.89 bits per heavy atom. The summed E-state index contributed by atoms with van der Waals surface area (Å²) in [5.74, 6) is -0.354. The van der Waals surface area contributed by atoms with E-state index in [1.807, 2.05) is 0 Å². The standard InChI is InChI=1S/C15H17NO2S/c1-5-18-15(17)12-8-19-14(16-12)13-10(3)6-9(2)7-11(13)4/h6-8H,5H2,1-4H3. The molecule has 0 radical (unpaired) electrons. The van der Waals surface area contributed by atoms with Crippen LogP contribution in [0.15, 0.2) is 17.5 Å². The molecule has 3 nitrogen and oxygen atoms in total. The molecule has 1 aromatic heterocycles. The van der Waals surface area contributed by atoms with E-state index in [2.05, 4.69) is 37.9 Å². The lowest BCUT2D eigenvalue weighted by Crippen LogP contribution is -2.04. The number of thiazole rings is 1. The Morgan fingerprint density at radius 1 is 1.26 bits per heavy atom. The summed E-state index contributed by atoms with van der Waals surface area (Å²) in [7, 11) is 0. The SMILES string of the molecule is CCOC(=O)c1csc(-c2c(C)cc(C)cc2C)n1. The largest absolute Gasteiger partial charge is 0.461 e. The molecule has 0 saturated carbocycles. The van der Waals surface area contributed by atoms with Gasteiger partial charge in [0.05, 0.1) is 6.61 Å². The average Bonchev–Trinajstić information content (AvgIpc) is 2.77. The van der Waals surface area contributed by atoms with Gasteiger partial charge < -0.3 is 4.74 Å². The van der Waals surface area contributed by atoms with Crippen LogP contribution in [0.2, 0.25) is 0 Å². The first-order chi connectivity index (χ1) is 9.02. The lowest BCUT2D eigenvalue weighted by atomic mass is 10.0. The van der Waals surface area contributed by atoms with Crippen molar-refractivity contribution in [3.63, 3.8) is 0 Å². The summed E-state index contributed by atoms with van der Waals surface area (Å²) in [5, 5.41) is 2.63. The van der Waals surface area contributed by atoms with Crippen LogP contribution in [0.1, 0.15) is 34.1 Å². The third-order valence-corrected chi connectivity index (χ3v) is 3.74. The maximum absolute atomic E-state index is 11.6. The van der Waals surface area contributed by atoms with Crippen LogP contribution >= 0.6 is 11.3 Å². The van der Waals surface area contributed by atoms with Gasteiger partial charge in [-0.15, -0.1) is 11.3 Å². The topological polar surface area (TPSA) is 39.2 Å². The zero-order chi connectivity index (χ0) is 14.0. The molecular weight excluding hydrogens is 258 g/mol. The third kappa shape index (κ3) is 2.84. The second-order valence-electron chi connectivity index (χ2n) is 4.53. The number of carbonyl (C=O) groups excluding carboxylic acids is 1. The Labute approximate surface area is 117 Å². The molecule has 0 spiro atoms. The van der Waals surface area contributed by atoms with Crippen LogP contribution in [0, 0.1) is 20.8 Å². The maximum Gasteiger partial charge on any atom is 0.357 e. The first kappa shape index (κ1) is 13.7. The molecule has 1 heterocycles. The minimum Gasteiger partial charge on any atom is -0.461 e. The van der Waals surface area contributed by atoms with Crippen molar-refractivity contribution >= 4 is 17.3 Å². The Balaban J connectivity index is 2.41. The summed E-state index contributed by atoms with van der Waals surface area (Å²) in [6.07, 6.45) is 0. The molecule has 2 rings (SSSR count). The molecule has 0 fully saturated rings. The van der Waals surface area contributed by atoms with E-state index in [9.17, 15) is 4.79 Å². The van der Waals surface area contributed by atoms with Gasteiger partial charge in [-0.25, -0.2) is 9.78 Å². The number of hydrogen-bond acceptors (Lipinski definition) is 4. The first-order valence-electron chi connectivity index (χ1n) is 6.23. The Bertz CT molecular complexity index is 593. The number of ether oxygens (including phenoxy) is 1. The van der Waals surface area contributed by atoms with Crippen LogP contribution in [0.25, 0.3) is 10.6 Å². The maximum atomic E-state index is 11.6. The van der Waals surface area contributed by atoms with Crippen LogP contribution < -0.4 is 0 Å². The number of benzene rings is 1. The van der Waals surface area contributed by atoms with Gasteiger partial charge in [0, 0.05) is 10.9 Å². The van der Waals surface area contributed by atoms with Crippen molar-refractivity contribution < 1.29 is 9.53 Å². The van der Waals surface area contributed by atoms with E-state index in [-0.39, 0.29) is 5.97 Å². The first-order valence-corrected chi connectivity index (χ1v) is 7.11. The second kappa shape index (κ2) is 5.53. The predicted molar refractivity (Wildman–Crippen MR) is 77.7 cm³/mol. The monoisotopic (exact) mass is 275 g/mol. The summed E-state index contributed by atoms with van der Waals surface area (Å²) in [5.41, 5.74) is 5.11. The van der Waals surface area contributed by atoms with E-state index in [4.69, 9.17) is 4.74 Å². The average molecular weight is 275 g/mol. The molecule has 0 aliphatic rings. The van der Waals surface area contributed by atoms with Gasteiger partial charge in [0.15, 0.2) is 5.69 Å². The normalized spacial score (nSPS) is 10.5. The third-order valence-electron chi connectivity index (χ3n) is 2.88. The van der Waals surface area contributed by atoms with Crippen molar-refractivity contribution in [2.45, 2.75) is 27.7 Å². The zero-order valence-corrected chi connectivity index (χ0v) is 12.4. The van der Waals surface area contributed by atoms with Gasteiger partial charge >= 0.3 is 5.97 Å². The van der Waals surface area contributed by atoms with E-state index >= 15 is 0 Å². The zero-order valence-electron chi connectivity index (χ0n) is 11.6. The minimum atomic E-state index is -0.354. The smallest absolute Gasteiger partial charge is 0.357 e. The van der Waals surface area contributed by atoms with Crippen LogP contribution in [-0.4, -0.2) is 17.6 Å². The lowest BCUT2D eigenvalue weighted by Gasteiger charge is -2.08. The Hall–Kier alpha value is -1.68. The molecule has 0 aliphatic heterocycles. The molecule has 0 unspecified atom stereocenters. The summed E-state index contributed by atoms with van der Waals surface area (Å²) >= 11 is 1.48. The van der Waals surface area contributed by atoms with E-state index in [0.717, 1.165) is 10.6 Å². The van der Waals surface area contributed by atoms with Gasteiger partial charge in [-0.1, -0.05) is 17.7 Å². The van der Waals surface area contributed by atoms with Crippen LogP contribution in [-0.2, 0) is 4.74 Å². The minimum absolute atomic E-state index is 0.354.